The van der Waals surface area contributed by atoms with Crippen molar-refractivity contribution < 1.29 is 4.74 Å². The SMILES string of the molecule is CCn1c(Sc2ncnc(N)c2OC)n[nH]c1=O. The first kappa shape index (κ1) is 12.4. The van der Waals surface area contributed by atoms with Gasteiger partial charge in [0.15, 0.2) is 21.7 Å². The Hall–Kier alpha value is -2.03. The summed E-state index contributed by atoms with van der Waals surface area (Å²) in [6.45, 7) is 2.37. The molecule has 0 fully saturated rings. The normalized spacial score (nSPS) is 10.6. The van der Waals surface area contributed by atoms with Crippen molar-refractivity contribution in [2.24, 2.45) is 0 Å². The van der Waals surface area contributed by atoms with Crippen molar-refractivity contribution >= 4 is 17.6 Å². The molecule has 0 saturated carbocycles. The zero-order chi connectivity index (χ0) is 13.1. The average Bonchev–Trinajstić information content (AvgIpc) is 2.70. The van der Waals surface area contributed by atoms with Gasteiger partial charge in [-0.25, -0.2) is 19.9 Å². The van der Waals surface area contributed by atoms with Gasteiger partial charge in [-0.3, -0.25) is 4.57 Å². The molecule has 0 aromatic carbocycles. The summed E-state index contributed by atoms with van der Waals surface area (Å²) in [5.41, 5.74) is 5.41. The first-order chi connectivity index (χ1) is 8.67. The fourth-order valence-electron chi connectivity index (χ4n) is 1.38. The van der Waals surface area contributed by atoms with Crippen LogP contribution in [0.2, 0.25) is 0 Å². The Labute approximate surface area is 107 Å². The first-order valence-corrected chi connectivity index (χ1v) is 5.96. The van der Waals surface area contributed by atoms with Crippen molar-refractivity contribution in [1.29, 1.82) is 0 Å². The third-order valence-electron chi connectivity index (χ3n) is 2.23. The molecule has 9 heteroatoms. The molecule has 96 valence electrons. The topological polar surface area (TPSA) is 112 Å². The van der Waals surface area contributed by atoms with Gasteiger partial charge in [-0.15, -0.1) is 5.10 Å². The van der Waals surface area contributed by atoms with Gasteiger partial charge in [0.05, 0.1) is 7.11 Å². The highest BCUT2D eigenvalue weighted by Crippen LogP contribution is 2.33. The number of hydrogen-bond donors (Lipinski definition) is 2. The molecule has 3 N–H and O–H groups in total. The number of H-pyrrole nitrogens is 1. The molecule has 2 aromatic rings. The summed E-state index contributed by atoms with van der Waals surface area (Å²) in [4.78, 5) is 19.3. The van der Waals surface area contributed by atoms with E-state index in [1.54, 1.807) is 0 Å². The Morgan fingerprint density at radius 2 is 2.33 bits per heavy atom. The van der Waals surface area contributed by atoms with Gasteiger partial charge in [-0.2, -0.15) is 0 Å². The van der Waals surface area contributed by atoms with Crippen LogP contribution in [0.15, 0.2) is 21.3 Å². The second kappa shape index (κ2) is 5.08. The molecule has 8 nitrogen and oxygen atoms in total. The summed E-state index contributed by atoms with van der Waals surface area (Å²) < 4.78 is 6.62. The van der Waals surface area contributed by atoms with Crippen molar-refractivity contribution in [2.75, 3.05) is 12.8 Å². The van der Waals surface area contributed by atoms with Gasteiger partial charge in [0, 0.05) is 6.54 Å². The van der Waals surface area contributed by atoms with Gasteiger partial charge in [0.2, 0.25) is 0 Å². The Morgan fingerprint density at radius 3 is 3.00 bits per heavy atom. The molecule has 2 aromatic heterocycles. The molecule has 0 saturated heterocycles. The number of nitrogens with two attached hydrogens (primary N) is 1. The van der Waals surface area contributed by atoms with Crippen molar-refractivity contribution in [3.8, 4) is 5.75 Å². The first-order valence-electron chi connectivity index (χ1n) is 5.14. The van der Waals surface area contributed by atoms with E-state index >= 15 is 0 Å². The minimum Gasteiger partial charge on any atom is -0.490 e. The molecular formula is C9H12N6O2S. The second-order valence-electron chi connectivity index (χ2n) is 3.25. The second-order valence-corrected chi connectivity index (χ2v) is 4.21. The van der Waals surface area contributed by atoms with E-state index in [0.717, 1.165) is 0 Å². The third-order valence-corrected chi connectivity index (χ3v) is 3.21. The molecule has 0 atom stereocenters. The monoisotopic (exact) mass is 268 g/mol. The van der Waals surface area contributed by atoms with Crippen LogP contribution < -0.4 is 16.2 Å². The highest BCUT2D eigenvalue weighted by molar-refractivity contribution is 7.99. The van der Waals surface area contributed by atoms with E-state index in [0.29, 0.717) is 22.5 Å². The Kier molecular flexibility index (Phi) is 3.51. The Morgan fingerprint density at radius 1 is 1.56 bits per heavy atom. The van der Waals surface area contributed by atoms with Crippen LogP contribution in [0.1, 0.15) is 6.92 Å². The van der Waals surface area contributed by atoms with Gasteiger partial charge in [-0.1, -0.05) is 0 Å². The largest absolute Gasteiger partial charge is 0.490 e. The van der Waals surface area contributed by atoms with Gasteiger partial charge in [0.1, 0.15) is 6.33 Å². The number of aromatic nitrogens is 5. The lowest BCUT2D eigenvalue weighted by Crippen LogP contribution is -2.16. The van der Waals surface area contributed by atoms with E-state index < -0.39 is 0 Å². The molecule has 0 radical (unpaired) electrons. The van der Waals surface area contributed by atoms with Crippen molar-refractivity contribution in [1.82, 2.24) is 24.7 Å². The van der Waals surface area contributed by atoms with Crippen LogP contribution in [0, 0.1) is 0 Å². The molecule has 18 heavy (non-hydrogen) atoms. The van der Waals surface area contributed by atoms with Crippen LogP contribution in [-0.2, 0) is 6.54 Å². The molecule has 0 aliphatic heterocycles. The number of nitrogen functional groups attached to an aromatic ring is 1. The summed E-state index contributed by atoms with van der Waals surface area (Å²) in [6.07, 6.45) is 1.33. The Balaban J connectivity index is 2.40. The summed E-state index contributed by atoms with van der Waals surface area (Å²) in [5, 5.41) is 7.31. The zero-order valence-electron chi connectivity index (χ0n) is 9.88. The fraction of sp³-hybridized carbons (Fsp3) is 0.333. The molecular weight excluding hydrogens is 256 g/mol. The van der Waals surface area contributed by atoms with Gasteiger partial charge >= 0.3 is 5.69 Å². The molecule has 0 unspecified atom stereocenters. The van der Waals surface area contributed by atoms with Crippen LogP contribution in [-0.4, -0.2) is 31.8 Å². The van der Waals surface area contributed by atoms with Crippen molar-refractivity contribution in [3.05, 3.63) is 16.8 Å². The number of aromatic amines is 1. The maximum Gasteiger partial charge on any atom is 0.343 e. The fourth-order valence-corrected chi connectivity index (χ4v) is 2.35. The lowest BCUT2D eigenvalue weighted by atomic mass is 10.5. The molecule has 0 spiro atoms. The van der Waals surface area contributed by atoms with Gasteiger partial charge in [-0.05, 0) is 18.7 Å². The van der Waals surface area contributed by atoms with Crippen LogP contribution in [0.3, 0.4) is 0 Å². The van der Waals surface area contributed by atoms with Crippen molar-refractivity contribution in [3.63, 3.8) is 0 Å². The maximum atomic E-state index is 11.4. The highest BCUT2D eigenvalue weighted by Gasteiger charge is 2.15. The number of methoxy groups -OCH3 is 1. The summed E-state index contributed by atoms with van der Waals surface area (Å²) in [7, 11) is 1.48. The highest BCUT2D eigenvalue weighted by atomic mass is 32.2. The standard InChI is InChI=1S/C9H12N6O2S/c1-3-15-8(16)13-14-9(15)18-7-5(17-2)6(10)11-4-12-7/h4H,3H2,1-2H3,(H,13,16)(H2,10,11,12). The molecule has 0 bridgehead atoms. The van der Waals surface area contributed by atoms with E-state index in [9.17, 15) is 4.79 Å². The number of hydrogen-bond acceptors (Lipinski definition) is 7. The summed E-state index contributed by atoms with van der Waals surface area (Å²) in [6, 6.07) is 0. The predicted octanol–water partition coefficient (Wildman–Crippen LogP) is 0.123. The number of ether oxygens (including phenoxy) is 1. The van der Waals surface area contributed by atoms with Crippen LogP contribution in [0.25, 0.3) is 0 Å². The molecule has 0 aliphatic rings. The van der Waals surface area contributed by atoms with Gasteiger partial charge in [0.25, 0.3) is 0 Å². The molecule has 2 heterocycles. The van der Waals surface area contributed by atoms with E-state index in [-0.39, 0.29) is 11.5 Å². The van der Waals surface area contributed by atoms with E-state index in [2.05, 4.69) is 20.2 Å². The van der Waals surface area contributed by atoms with E-state index in [1.165, 1.54) is 29.8 Å². The number of rotatable bonds is 4. The molecule has 2 rings (SSSR count). The summed E-state index contributed by atoms with van der Waals surface area (Å²) in [5.74, 6) is 0.622. The minimum atomic E-state index is -0.263. The van der Waals surface area contributed by atoms with Crippen LogP contribution in [0.4, 0.5) is 5.82 Å². The molecule has 0 amide bonds. The molecule has 0 aliphatic carbocycles. The van der Waals surface area contributed by atoms with E-state index in [1.807, 2.05) is 6.92 Å². The smallest absolute Gasteiger partial charge is 0.343 e. The van der Waals surface area contributed by atoms with Crippen LogP contribution in [0.5, 0.6) is 5.75 Å². The number of anilines is 1. The third kappa shape index (κ3) is 2.16. The zero-order valence-corrected chi connectivity index (χ0v) is 10.7. The lowest BCUT2D eigenvalue weighted by molar-refractivity contribution is 0.401. The van der Waals surface area contributed by atoms with Gasteiger partial charge < -0.3 is 10.5 Å². The average molecular weight is 268 g/mol. The van der Waals surface area contributed by atoms with E-state index in [4.69, 9.17) is 10.5 Å². The lowest BCUT2D eigenvalue weighted by Gasteiger charge is -2.07. The number of nitrogens with one attached hydrogen (secondary N) is 1. The quantitative estimate of drug-likeness (QED) is 0.757. The number of nitrogens with zero attached hydrogens (tertiary/aromatic N) is 4. The maximum absolute atomic E-state index is 11.4. The Bertz CT molecular complexity index is 607. The minimum absolute atomic E-state index is 0.246. The summed E-state index contributed by atoms with van der Waals surface area (Å²) >= 11 is 1.19. The van der Waals surface area contributed by atoms with Crippen molar-refractivity contribution in [2.45, 2.75) is 23.7 Å². The van der Waals surface area contributed by atoms with Crippen LogP contribution >= 0.6 is 11.8 Å². The predicted molar refractivity (Wildman–Crippen MR) is 65.6 cm³/mol.